The van der Waals surface area contributed by atoms with Gasteiger partial charge in [0.1, 0.15) is 17.1 Å². The highest BCUT2D eigenvalue weighted by Gasteiger charge is 2.43. The molecule has 0 amide bonds. The van der Waals surface area contributed by atoms with Gasteiger partial charge in [0.15, 0.2) is 0 Å². The lowest BCUT2D eigenvalue weighted by molar-refractivity contribution is -0.0491. The van der Waals surface area contributed by atoms with Crippen molar-refractivity contribution in [3.05, 3.63) is 23.8 Å². The Hall–Kier alpha value is -1.26. The molecule has 0 saturated carbocycles. The van der Waals surface area contributed by atoms with Gasteiger partial charge in [0.05, 0.1) is 18.3 Å². The van der Waals surface area contributed by atoms with Crippen LogP contribution in [0.2, 0.25) is 0 Å². The Morgan fingerprint density at radius 3 is 2.77 bits per heavy atom. The van der Waals surface area contributed by atoms with Crippen LogP contribution in [-0.2, 0) is 4.74 Å². The second kappa shape index (κ2) is 6.47. The van der Waals surface area contributed by atoms with Gasteiger partial charge in [-0.15, -0.1) is 0 Å². The number of hydrogen-bond acceptors (Lipinski definition) is 4. The van der Waals surface area contributed by atoms with Crippen LogP contribution in [0.5, 0.6) is 11.5 Å². The molecule has 4 heteroatoms. The third kappa shape index (κ3) is 3.08. The first-order valence-corrected chi connectivity index (χ1v) is 8.32. The standard InChI is InChI=1S/C18H27NO3/c1-13(2)12-21-14-5-4-6-15-17(14)16(20-3)11-18(22-15)7-9-19-10-8-18/h4-6,13,16,19H,7-12H2,1-3H3. The van der Waals surface area contributed by atoms with E-state index in [2.05, 4.69) is 19.2 Å². The monoisotopic (exact) mass is 305 g/mol. The summed E-state index contributed by atoms with van der Waals surface area (Å²) in [6, 6.07) is 6.09. The quantitative estimate of drug-likeness (QED) is 0.926. The minimum Gasteiger partial charge on any atom is -0.493 e. The number of piperidine rings is 1. The SMILES string of the molecule is COC1CC2(CCNCC2)Oc2cccc(OCC(C)C)c21. The second-order valence-electron chi connectivity index (χ2n) is 6.84. The van der Waals surface area contributed by atoms with Gasteiger partial charge in [0, 0.05) is 13.5 Å². The van der Waals surface area contributed by atoms with Crippen molar-refractivity contribution in [2.75, 3.05) is 26.8 Å². The number of fused-ring (bicyclic) bond motifs is 1. The third-order valence-corrected chi connectivity index (χ3v) is 4.60. The molecule has 122 valence electrons. The summed E-state index contributed by atoms with van der Waals surface area (Å²) in [6.45, 7) is 7.04. The Labute approximate surface area is 133 Å². The molecule has 2 aliphatic heterocycles. The highest BCUT2D eigenvalue weighted by atomic mass is 16.5. The fourth-order valence-corrected chi connectivity index (χ4v) is 3.42. The Bertz CT molecular complexity index is 509. The van der Waals surface area contributed by atoms with Gasteiger partial charge in [-0.1, -0.05) is 19.9 Å². The lowest BCUT2D eigenvalue weighted by atomic mass is 9.82. The summed E-state index contributed by atoms with van der Waals surface area (Å²) in [5.74, 6) is 2.33. The first kappa shape index (κ1) is 15.6. The molecule has 3 rings (SSSR count). The first-order valence-electron chi connectivity index (χ1n) is 8.32. The molecule has 1 fully saturated rings. The molecule has 1 N–H and O–H groups in total. The molecule has 2 aliphatic rings. The number of nitrogens with one attached hydrogen (secondary N) is 1. The first-order chi connectivity index (χ1) is 10.6. The number of rotatable bonds is 4. The van der Waals surface area contributed by atoms with E-state index >= 15 is 0 Å². The normalized spacial score (nSPS) is 23.2. The van der Waals surface area contributed by atoms with Crippen molar-refractivity contribution in [3.63, 3.8) is 0 Å². The fourth-order valence-electron chi connectivity index (χ4n) is 3.42. The maximum atomic E-state index is 6.44. The third-order valence-electron chi connectivity index (χ3n) is 4.60. The van der Waals surface area contributed by atoms with Crippen LogP contribution in [-0.4, -0.2) is 32.4 Å². The van der Waals surface area contributed by atoms with E-state index < -0.39 is 0 Å². The van der Waals surface area contributed by atoms with Gasteiger partial charge < -0.3 is 19.5 Å². The number of hydrogen-bond donors (Lipinski definition) is 1. The molecule has 1 saturated heterocycles. The van der Waals surface area contributed by atoms with Crippen molar-refractivity contribution in [1.29, 1.82) is 0 Å². The molecule has 0 radical (unpaired) electrons. The van der Waals surface area contributed by atoms with Gasteiger partial charge in [-0.05, 0) is 44.0 Å². The molecule has 1 spiro atoms. The molecule has 4 nitrogen and oxygen atoms in total. The summed E-state index contributed by atoms with van der Waals surface area (Å²) in [5, 5.41) is 3.41. The number of methoxy groups -OCH3 is 1. The topological polar surface area (TPSA) is 39.7 Å². The van der Waals surface area contributed by atoms with Crippen molar-refractivity contribution >= 4 is 0 Å². The van der Waals surface area contributed by atoms with Crippen molar-refractivity contribution in [2.24, 2.45) is 5.92 Å². The molecular weight excluding hydrogens is 278 g/mol. The molecule has 1 unspecified atom stereocenters. The molecular formula is C18H27NO3. The largest absolute Gasteiger partial charge is 0.493 e. The van der Waals surface area contributed by atoms with Crippen LogP contribution in [0.25, 0.3) is 0 Å². The van der Waals surface area contributed by atoms with E-state index in [1.54, 1.807) is 7.11 Å². The van der Waals surface area contributed by atoms with Gasteiger partial charge in [-0.3, -0.25) is 0 Å². The predicted octanol–water partition coefficient (Wildman–Crippen LogP) is 3.31. The molecule has 1 aromatic rings. The number of benzene rings is 1. The van der Waals surface area contributed by atoms with Gasteiger partial charge >= 0.3 is 0 Å². The van der Waals surface area contributed by atoms with Crippen LogP contribution in [0.15, 0.2) is 18.2 Å². The predicted molar refractivity (Wildman–Crippen MR) is 86.6 cm³/mol. The van der Waals surface area contributed by atoms with Crippen LogP contribution in [0.4, 0.5) is 0 Å². The average Bonchev–Trinajstić information content (AvgIpc) is 2.52. The summed E-state index contributed by atoms with van der Waals surface area (Å²) in [7, 11) is 1.79. The van der Waals surface area contributed by atoms with Gasteiger partial charge in [0.25, 0.3) is 0 Å². The fraction of sp³-hybridized carbons (Fsp3) is 0.667. The van der Waals surface area contributed by atoms with E-state index in [4.69, 9.17) is 14.2 Å². The van der Waals surface area contributed by atoms with Crippen LogP contribution >= 0.6 is 0 Å². The lowest BCUT2D eigenvalue weighted by Crippen LogP contribution is -2.49. The Balaban J connectivity index is 1.90. The van der Waals surface area contributed by atoms with Crippen LogP contribution in [0.3, 0.4) is 0 Å². The molecule has 0 bridgehead atoms. The van der Waals surface area contributed by atoms with E-state index in [1.807, 2.05) is 18.2 Å². The van der Waals surface area contributed by atoms with Crippen molar-refractivity contribution in [3.8, 4) is 11.5 Å². The van der Waals surface area contributed by atoms with E-state index in [1.165, 1.54) is 0 Å². The van der Waals surface area contributed by atoms with E-state index in [0.29, 0.717) is 12.5 Å². The highest BCUT2D eigenvalue weighted by Crippen LogP contribution is 2.48. The van der Waals surface area contributed by atoms with Crippen molar-refractivity contribution in [1.82, 2.24) is 5.32 Å². The van der Waals surface area contributed by atoms with Crippen LogP contribution in [0, 0.1) is 5.92 Å². The molecule has 1 atom stereocenters. The van der Waals surface area contributed by atoms with Crippen LogP contribution in [0.1, 0.15) is 44.8 Å². The van der Waals surface area contributed by atoms with E-state index in [9.17, 15) is 0 Å². The maximum absolute atomic E-state index is 6.44. The van der Waals surface area contributed by atoms with Gasteiger partial charge in [-0.2, -0.15) is 0 Å². The summed E-state index contributed by atoms with van der Waals surface area (Å²) >= 11 is 0. The zero-order chi connectivity index (χ0) is 15.6. The summed E-state index contributed by atoms with van der Waals surface area (Å²) in [4.78, 5) is 0. The summed E-state index contributed by atoms with van der Waals surface area (Å²) < 4.78 is 18.3. The molecule has 0 aromatic heterocycles. The molecule has 22 heavy (non-hydrogen) atoms. The Morgan fingerprint density at radius 1 is 1.32 bits per heavy atom. The average molecular weight is 305 g/mol. The van der Waals surface area contributed by atoms with E-state index in [-0.39, 0.29) is 11.7 Å². The number of ether oxygens (including phenoxy) is 3. The van der Waals surface area contributed by atoms with Gasteiger partial charge in [0.2, 0.25) is 0 Å². The van der Waals surface area contributed by atoms with E-state index in [0.717, 1.165) is 49.4 Å². The highest BCUT2D eigenvalue weighted by molar-refractivity contribution is 5.48. The summed E-state index contributed by atoms with van der Waals surface area (Å²) in [5.41, 5.74) is 0.991. The van der Waals surface area contributed by atoms with Crippen molar-refractivity contribution in [2.45, 2.75) is 44.8 Å². The van der Waals surface area contributed by atoms with Gasteiger partial charge in [-0.25, -0.2) is 0 Å². The maximum Gasteiger partial charge on any atom is 0.129 e. The molecule has 2 heterocycles. The molecule has 1 aromatic carbocycles. The molecule has 0 aliphatic carbocycles. The Kier molecular flexibility index (Phi) is 4.59. The zero-order valence-corrected chi connectivity index (χ0v) is 13.9. The smallest absolute Gasteiger partial charge is 0.129 e. The Morgan fingerprint density at radius 2 is 2.09 bits per heavy atom. The zero-order valence-electron chi connectivity index (χ0n) is 13.9. The lowest BCUT2D eigenvalue weighted by Gasteiger charge is -2.44. The summed E-state index contributed by atoms with van der Waals surface area (Å²) in [6.07, 6.45) is 3.01. The minimum atomic E-state index is -0.0877. The second-order valence-corrected chi connectivity index (χ2v) is 6.84. The van der Waals surface area contributed by atoms with Crippen molar-refractivity contribution < 1.29 is 14.2 Å². The minimum absolute atomic E-state index is 0.0465. The van der Waals surface area contributed by atoms with Crippen LogP contribution < -0.4 is 14.8 Å².